The number of ketones is 1. The summed E-state index contributed by atoms with van der Waals surface area (Å²) in [5.41, 5.74) is 0.805. The van der Waals surface area contributed by atoms with E-state index in [4.69, 9.17) is 13.9 Å². The molecule has 1 aromatic heterocycles. The fourth-order valence-corrected chi connectivity index (χ4v) is 3.93. The van der Waals surface area contributed by atoms with E-state index in [1.165, 1.54) is 13.2 Å². The Morgan fingerprint density at radius 2 is 1.84 bits per heavy atom. The van der Waals surface area contributed by atoms with Gasteiger partial charge in [0.25, 0.3) is 0 Å². The van der Waals surface area contributed by atoms with Gasteiger partial charge in [-0.3, -0.25) is 14.4 Å². The van der Waals surface area contributed by atoms with Crippen molar-refractivity contribution in [2.45, 2.75) is 33.3 Å². The molecule has 0 saturated carbocycles. The van der Waals surface area contributed by atoms with Crippen molar-refractivity contribution in [2.75, 3.05) is 7.11 Å². The molecule has 0 aliphatic carbocycles. The molecule has 168 valence electrons. The SMILES string of the molecule is COC(=O)[C@@H](CC(=O)c1cc(=O)c2c(OCc3ccccc3Br)cccc2o1)CC(C)C. The van der Waals surface area contributed by atoms with Crippen LogP contribution in [0.15, 0.2) is 62.2 Å². The quantitative estimate of drug-likeness (QED) is 0.283. The van der Waals surface area contributed by atoms with Gasteiger partial charge in [-0.05, 0) is 30.5 Å². The predicted molar refractivity (Wildman–Crippen MR) is 125 cm³/mol. The van der Waals surface area contributed by atoms with Gasteiger partial charge in [0.1, 0.15) is 23.3 Å². The minimum absolute atomic E-state index is 0.0805. The Morgan fingerprint density at radius 3 is 2.53 bits per heavy atom. The molecule has 0 aliphatic heterocycles. The molecule has 0 unspecified atom stereocenters. The molecule has 0 aliphatic rings. The van der Waals surface area contributed by atoms with Gasteiger partial charge in [0.2, 0.25) is 0 Å². The number of carbonyl (C=O) groups excluding carboxylic acids is 2. The Balaban J connectivity index is 1.87. The number of fused-ring (bicyclic) bond motifs is 1. The van der Waals surface area contributed by atoms with E-state index >= 15 is 0 Å². The van der Waals surface area contributed by atoms with Gasteiger partial charge in [-0.15, -0.1) is 0 Å². The summed E-state index contributed by atoms with van der Waals surface area (Å²) < 4.78 is 17.4. The molecule has 32 heavy (non-hydrogen) atoms. The number of ether oxygens (including phenoxy) is 2. The molecule has 1 heterocycles. The number of halogens is 1. The minimum Gasteiger partial charge on any atom is -0.488 e. The van der Waals surface area contributed by atoms with Gasteiger partial charge < -0.3 is 13.9 Å². The first kappa shape index (κ1) is 23.7. The maximum absolute atomic E-state index is 12.9. The van der Waals surface area contributed by atoms with E-state index < -0.39 is 17.7 Å². The van der Waals surface area contributed by atoms with Crippen LogP contribution < -0.4 is 10.2 Å². The summed E-state index contributed by atoms with van der Waals surface area (Å²) in [4.78, 5) is 37.7. The lowest BCUT2D eigenvalue weighted by atomic mass is 9.92. The van der Waals surface area contributed by atoms with E-state index in [1.807, 2.05) is 38.1 Å². The van der Waals surface area contributed by atoms with Gasteiger partial charge in [-0.1, -0.05) is 54.0 Å². The number of hydrogen-bond acceptors (Lipinski definition) is 6. The Kier molecular flexibility index (Phi) is 7.85. The molecule has 0 N–H and O–H groups in total. The third kappa shape index (κ3) is 5.65. The molecule has 0 radical (unpaired) electrons. The molecule has 0 spiro atoms. The van der Waals surface area contributed by atoms with Crippen LogP contribution in [0.25, 0.3) is 11.0 Å². The highest BCUT2D eigenvalue weighted by Gasteiger charge is 2.26. The monoisotopic (exact) mass is 500 g/mol. The van der Waals surface area contributed by atoms with E-state index in [1.54, 1.807) is 18.2 Å². The molecular formula is C25H25BrO6. The summed E-state index contributed by atoms with van der Waals surface area (Å²) >= 11 is 3.48. The number of carbonyl (C=O) groups is 2. The van der Waals surface area contributed by atoms with Crippen LogP contribution in [0.5, 0.6) is 5.75 Å². The van der Waals surface area contributed by atoms with Crippen molar-refractivity contribution >= 4 is 38.7 Å². The second-order valence-corrected chi connectivity index (χ2v) is 8.82. The van der Waals surface area contributed by atoms with Gasteiger partial charge in [-0.25, -0.2) is 0 Å². The lowest BCUT2D eigenvalue weighted by Crippen LogP contribution is -2.22. The minimum atomic E-state index is -0.590. The first-order valence-corrected chi connectivity index (χ1v) is 11.1. The predicted octanol–water partition coefficient (Wildman–Crippen LogP) is 5.54. The zero-order valence-electron chi connectivity index (χ0n) is 18.2. The number of hydrogen-bond donors (Lipinski definition) is 0. The summed E-state index contributed by atoms with van der Waals surface area (Å²) in [5, 5.41) is 0.266. The molecule has 6 nitrogen and oxygen atoms in total. The fourth-order valence-electron chi connectivity index (χ4n) is 3.53. The van der Waals surface area contributed by atoms with Gasteiger partial charge in [0, 0.05) is 22.5 Å². The first-order chi connectivity index (χ1) is 15.3. The van der Waals surface area contributed by atoms with Crippen molar-refractivity contribution in [3.63, 3.8) is 0 Å². The fraction of sp³-hybridized carbons (Fsp3) is 0.320. The molecule has 3 rings (SSSR count). The number of methoxy groups -OCH3 is 1. The average molecular weight is 501 g/mol. The number of benzene rings is 2. The van der Waals surface area contributed by atoms with Gasteiger partial charge in [0.15, 0.2) is 17.0 Å². The number of esters is 1. The molecule has 1 atom stereocenters. The van der Waals surface area contributed by atoms with Crippen LogP contribution in [0.1, 0.15) is 42.8 Å². The van der Waals surface area contributed by atoms with Gasteiger partial charge in [0.05, 0.1) is 13.0 Å². The highest BCUT2D eigenvalue weighted by Crippen LogP contribution is 2.27. The lowest BCUT2D eigenvalue weighted by Gasteiger charge is -2.16. The van der Waals surface area contributed by atoms with Crippen LogP contribution in [-0.2, 0) is 16.1 Å². The van der Waals surface area contributed by atoms with E-state index in [9.17, 15) is 14.4 Å². The summed E-state index contributed by atoms with van der Waals surface area (Å²) in [7, 11) is 1.30. The Morgan fingerprint density at radius 1 is 1.09 bits per heavy atom. The highest BCUT2D eigenvalue weighted by atomic mass is 79.9. The molecule has 0 bridgehead atoms. The smallest absolute Gasteiger partial charge is 0.309 e. The largest absolute Gasteiger partial charge is 0.488 e. The highest BCUT2D eigenvalue weighted by molar-refractivity contribution is 9.10. The van der Waals surface area contributed by atoms with Crippen molar-refractivity contribution < 1.29 is 23.5 Å². The Hall–Kier alpha value is -2.93. The zero-order valence-corrected chi connectivity index (χ0v) is 19.8. The maximum atomic E-state index is 12.9. The van der Waals surface area contributed by atoms with Crippen LogP contribution in [0.3, 0.4) is 0 Å². The van der Waals surface area contributed by atoms with E-state index in [-0.39, 0.29) is 41.1 Å². The van der Waals surface area contributed by atoms with Crippen LogP contribution in [0.2, 0.25) is 0 Å². The molecule has 3 aromatic rings. The Bertz CT molecular complexity index is 1180. The average Bonchev–Trinajstić information content (AvgIpc) is 2.76. The van der Waals surface area contributed by atoms with Crippen molar-refractivity contribution in [1.29, 1.82) is 0 Å². The van der Waals surface area contributed by atoms with Gasteiger partial charge in [-0.2, -0.15) is 0 Å². The maximum Gasteiger partial charge on any atom is 0.309 e. The van der Waals surface area contributed by atoms with Crippen LogP contribution in [0, 0.1) is 11.8 Å². The molecule has 7 heteroatoms. The van der Waals surface area contributed by atoms with Crippen molar-refractivity contribution in [1.82, 2.24) is 0 Å². The standard InChI is InChI=1S/C25H25BrO6/c1-15(2)11-17(25(29)30-3)12-19(27)23-13-20(28)24-21(9-6-10-22(24)32-23)31-14-16-7-4-5-8-18(16)26/h4-10,13,15,17H,11-12,14H2,1-3H3/t17-/m1/s1. The summed E-state index contributed by atoms with van der Waals surface area (Å²) in [6.07, 6.45) is 0.417. The molecule has 2 aromatic carbocycles. The van der Waals surface area contributed by atoms with Crippen molar-refractivity contribution in [2.24, 2.45) is 11.8 Å². The molecule has 0 amide bonds. The van der Waals surface area contributed by atoms with Gasteiger partial charge >= 0.3 is 5.97 Å². The van der Waals surface area contributed by atoms with Crippen molar-refractivity contribution in [3.8, 4) is 5.75 Å². The van der Waals surface area contributed by atoms with Crippen LogP contribution >= 0.6 is 15.9 Å². The van der Waals surface area contributed by atoms with Crippen LogP contribution in [-0.4, -0.2) is 18.9 Å². The summed E-state index contributed by atoms with van der Waals surface area (Å²) in [5.74, 6) is -0.953. The third-order valence-corrected chi connectivity index (χ3v) is 5.83. The number of rotatable bonds is 9. The zero-order chi connectivity index (χ0) is 23.3. The van der Waals surface area contributed by atoms with Crippen molar-refractivity contribution in [3.05, 3.63) is 74.6 Å². The van der Waals surface area contributed by atoms with Crippen LogP contribution in [0.4, 0.5) is 0 Å². The lowest BCUT2D eigenvalue weighted by molar-refractivity contribution is -0.145. The third-order valence-electron chi connectivity index (χ3n) is 5.05. The van der Waals surface area contributed by atoms with E-state index in [0.29, 0.717) is 12.2 Å². The van der Waals surface area contributed by atoms with E-state index in [2.05, 4.69) is 15.9 Å². The van der Waals surface area contributed by atoms with E-state index in [0.717, 1.165) is 10.0 Å². The second kappa shape index (κ2) is 10.6. The molecular weight excluding hydrogens is 476 g/mol. The molecule has 0 saturated heterocycles. The first-order valence-electron chi connectivity index (χ1n) is 10.3. The summed E-state index contributed by atoms with van der Waals surface area (Å²) in [6.45, 7) is 4.19. The normalized spacial score (nSPS) is 12.0. The number of Topliss-reactive ketones (excluding diaryl/α,β-unsaturated/α-hetero) is 1. The molecule has 0 fully saturated rings. The Labute approximate surface area is 194 Å². The summed E-state index contributed by atoms with van der Waals surface area (Å²) in [6, 6.07) is 13.8. The second-order valence-electron chi connectivity index (χ2n) is 7.96. The topological polar surface area (TPSA) is 82.8 Å².